The molecule has 0 aliphatic carbocycles. The maximum Gasteiger partial charge on any atom is 0.307 e. The van der Waals surface area contributed by atoms with Crippen molar-refractivity contribution in [3.8, 4) is 0 Å². The van der Waals surface area contributed by atoms with Crippen LogP contribution >= 0.6 is 15.7 Å². The van der Waals surface area contributed by atoms with Gasteiger partial charge in [0.1, 0.15) is 0 Å². The molecule has 0 amide bonds. The van der Waals surface area contributed by atoms with Crippen LogP contribution in [0.1, 0.15) is 156 Å². The first-order valence-corrected chi connectivity index (χ1v) is 24.3. The van der Waals surface area contributed by atoms with E-state index in [2.05, 4.69) is 150 Å². The first kappa shape index (κ1) is 60.0. The van der Waals surface area contributed by atoms with Crippen molar-refractivity contribution < 1.29 is 29.4 Å². The fourth-order valence-corrected chi connectivity index (χ4v) is 17.0. The molecule has 0 unspecified atom stereocenters. The predicted octanol–water partition coefficient (Wildman–Crippen LogP) is 5.19. The Morgan fingerprint density at radius 3 is 0.558 bits per heavy atom. The fourth-order valence-electron chi connectivity index (χ4n) is 8.02. The molecule has 0 rings (SSSR count). The van der Waals surface area contributed by atoms with E-state index in [1.807, 2.05) is 0 Å². The molecule has 0 aromatic carbocycles. The van der Waals surface area contributed by atoms with Crippen molar-refractivity contribution in [1.29, 1.82) is 0 Å². The van der Waals surface area contributed by atoms with E-state index in [0.29, 0.717) is 0 Å². The van der Waals surface area contributed by atoms with Crippen molar-refractivity contribution in [1.82, 2.24) is 37.4 Å². The lowest BCUT2D eigenvalue weighted by Crippen LogP contribution is -3.00. The summed E-state index contributed by atoms with van der Waals surface area (Å²) in [6.07, 6.45) is 27.2. The van der Waals surface area contributed by atoms with E-state index >= 15 is 0 Å². The Morgan fingerprint density at radius 2 is 0.423 bits per heavy atom. The molecular formula is C40H96BrClN8P2. The summed E-state index contributed by atoms with van der Waals surface area (Å²) in [7, 11) is 23.9. The minimum Gasteiger partial charge on any atom is -1.00 e. The lowest BCUT2D eigenvalue weighted by Gasteiger charge is -2.45. The maximum atomic E-state index is 2.81. The van der Waals surface area contributed by atoms with Gasteiger partial charge in [0.15, 0.2) is 0 Å². The zero-order valence-corrected chi connectivity index (χ0v) is 42.3. The molecule has 0 aromatic rings. The van der Waals surface area contributed by atoms with Crippen molar-refractivity contribution in [3.05, 3.63) is 0 Å². The minimum atomic E-state index is -1.60. The van der Waals surface area contributed by atoms with Crippen LogP contribution in [-0.4, -0.2) is 148 Å². The van der Waals surface area contributed by atoms with Gasteiger partial charge in [-0.1, -0.05) is 130 Å². The second kappa shape index (κ2) is 36.6. The van der Waals surface area contributed by atoms with Crippen LogP contribution in [0.4, 0.5) is 0 Å². The van der Waals surface area contributed by atoms with Gasteiger partial charge >= 0.3 is 15.7 Å². The van der Waals surface area contributed by atoms with Crippen molar-refractivity contribution in [2.75, 3.05) is 111 Å². The zero-order chi connectivity index (χ0) is 38.6. The third-order valence-corrected chi connectivity index (χ3v) is 18.8. The number of rotatable bonds is 32. The largest absolute Gasteiger partial charge is 1.00 e. The third kappa shape index (κ3) is 21.7. The van der Waals surface area contributed by atoms with Crippen LogP contribution in [0, 0.1) is 0 Å². The Hall–Kier alpha value is 1.31. The summed E-state index contributed by atoms with van der Waals surface area (Å²) in [5, 5.41) is 0. The maximum absolute atomic E-state index is 2.81. The first-order chi connectivity index (χ1) is 23.7. The summed E-state index contributed by atoms with van der Waals surface area (Å²) in [6, 6.07) is 0. The second-order valence-corrected chi connectivity index (χ2v) is 23.8. The van der Waals surface area contributed by atoms with Crippen LogP contribution in [0.15, 0.2) is 0 Å². The van der Waals surface area contributed by atoms with Gasteiger partial charge in [0.25, 0.3) is 0 Å². The Labute approximate surface area is 347 Å². The molecule has 320 valence electrons. The molecule has 52 heavy (non-hydrogen) atoms. The minimum absolute atomic E-state index is 0. The molecule has 0 aliphatic rings. The Balaban J connectivity index is -0.000000427. The highest BCUT2D eigenvalue weighted by molar-refractivity contribution is 7.66. The van der Waals surface area contributed by atoms with E-state index < -0.39 is 15.7 Å². The van der Waals surface area contributed by atoms with Crippen LogP contribution in [0.3, 0.4) is 0 Å². The average Bonchev–Trinajstić information content (AvgIpc) is 3.03. The molecular weight excluding hydrogens is 770 g/mol. The number of unbranched alkanes of at least 4 members (excludes halogenated alkanes) is 16. The molecule has 0 bridgehead atoms. The van der Waals surface area contributed by atoms with Gasteiger partial charge in [-0.3, -0.25) is 0 Å². The van der Waals surface area contributed by atoms with E-state index in [1.165, 1.54) is 155 Å². The molecule has 0 heterocycles. The second-order valence-electron chi connectivity index (χ2n) is 15.7. The lowest BCUT2D eigenvalue weighted by atomic mass is 10.1. The molecule has 0 N–H and O–H groups in total. The van der Waals surface area contributed by atoms with E-state index in [4.69, 9.17) is 0 Å². The predicted molar refractivity (Wildman–Crippen MR) is 234 cm³/mol. The highest BCUT2D eigenvalue weighted by Crippen LogP contribution is 2.67. The van der Waals surface area contributed by atoms with Crippen molar-refractivity contribution in [3.63, 3.8) is 0 Å². The summed E-state index contributed by atoms with van der Waals surface area (Å²) in [4.78, 5) is 0. The van der Waals surface area contributed by atoms with Crippen LogP contribution in [0.25, 0.3) is 0 Å². The molecule has 0 spiro atoms. The molecule has 12 heteroatoms. The molecule has 0 radical (unpaired) electrons. The lowest BCUT2D eigenvalue weighted by molar-refractivity contribution is -0.00100. The van der Waals surface area contributed by atoms with Crippen LogP contribution in [-0.2, 0) is 0 Å². The summed E-state index contributed by atoms with van der Waals surface area (Å²) < 4.78 is 20.5. The molecule has 0 atom stereocenters. The number of hydrogen-bond acceptors (Lipinski definition) is 8. The Bertz CT molecular complexity index is 619. The normalized spacial score (nSPS) is 12.5. The molecule has 0 aliphatic heterocycles. The van der Waals surface area contributed by atoms with Crippen LogP contribution in [0.2, 0.25) is 0 Å². The SMILES string of the molecule is CCCCCCCN(CCCCCCC)[P+](N(C)C)(N(C)C)N(C)C.CCCCCCCN(CCCCCCC)[P+](N(C)C)(N(C)C)N(C)C.[Br-].[Cl-]. The topological polar surface area (TPSA) is 25.9 Å². The van der Waals surface area contributed by atoms with Crippen molar-refractivity contribution >= 4 is 15.7 Å². The summed E-state index contributed by atoms with van der Waals surface area (Å²) in [6.45, 7) is 14.1. The first-order valence-electron chi connectivity index (χ1n) is 21.1. The van der Waals surface area contributed by atoms with E-state index in [0.717, 1.165) is 0 Å². The van der Waals surface area contributed by atoms with Gasteiger partial charge in [-0.25, -0.2) is 0 Å². The highest BCUT2D eigenvalue weighted by Gasteiger charge is 2.54. The summed E-state index contributed by atoms with van der Waals surface area (Å²) in [5.74, 6) is 0. The molecule has 0 saturated heterocycles. The van der Waals surface area contributed by atoms with Gasteiger partial charge in [-0.2, -0.15) is 0 Å². The Morgan fingerprint density at radius 1 is 0.269 bits per heavy atom. The van der Waals surface area contributed by atoms with E-state index in [-0.39, 0.29) is 29.4 Å². The molecule has 8 nitrogen and oxygen atoms in total. The zero-order valence-electron chi connectivity index (χ0n) is 38.2. The van der Waals surface area contributed by atoms with Gasteiger partial charge in [-0.15, -0.1) is 37.4 Å². The van der Waals surface area contributed by atoms with Gasteiger partial charge in [-0.05, 0) is 25.7 Å². The van der Waals surface area contributed by atoms with E-state index in [1.54, 1.807) is 0 Å². The average molecular weight is 867 g/mol. The molecule has 0 aromatic heterocycles. The highest BCUT2D eigenvalue weighted by atomic mass is 79.9. The summed E-state index contributed by atoms with van der Waals surface area (Å²) in [5.41, 5.74) is 0. The van der Waals surface area contributed by atoms with Gasteiger partial charge in [0, 0.05) is 111 Å². The van der Waals surface area contributed by atoms with Gasteiger partial charge in [0.05, 0.1) is 0 Å². The fraction of sp³-hybridized carbons (Fsp3) is 1.00. The van der Waals surface area contributed by atoms with Gasteiger partial charge < -0.3 is 29.4 Å². The molecule has 0 fully saturated rings. The standard InChI is InChI=1S/2C20H48N4P.BrH.ClH/c2*1-9-11-13-15-17-19-24(20-18-16-14-12-10-2)25(21(3)4,22(5)6)23(7)8;;/h2*9-20H2,1-8H3;2*1H/q2*+1;;/p-2. The number of halogens is 2. The van der Waals surface area contributed by atoms with Gasteiger partial charge in [0.2, 0.25) is 0 Å². The smallest absolute Gasteiger partial charge is 0.307 e. The number of hydrogen-bond donors (Lipinski definition) is 0. The quantitative estimate of drug-likeness (QED) is 0.0675. The third-order valence-electron chi connectivity index (χ3n) is 10.1. The number of nitrogens with zero attached hydrogens (tertiary/aromatic N) is 8. The van der Waals surface area contributed by atoms with E-state index in [9.17, 15) is 0 Å². The molecule has 0 saturated carbocycles. The monoisotopic (exact) mass is 865 g/mol. The van der Waals surface area contributed by atoms with Crippen molar-refractivity contribution in [2.45, 2.75) is 156 Å². The van der Waals surface area contributed by atoms with Crippen LogP contribution < -0.4 is 29.4 Å². The van der Waals surface area contributed by atoms with Crippen molar-refractivity contribution in [2.24, 2.45) is 0 Å². The van der Waals surface area contributed by atoms with Crippen LogP contribution in [0.5, 0.6) is 0 Å². The Kier molecular flexibility index (Phi) is 42.3. The summed E-state index contributed by atoms with van der Waals surface area (Å²) >= 11 is 0.